The molecule has 1 fully saturated rings. The fourth-order valence-electron chi connectivity index (χ4n) is 4.46. The normalized spacial score (nSPS) is 15.5. The first-order chi connectivity index (χ1) is 27.7. The molecule has 4 aromatic rings. The molecule has 0 radical (unpaired) electrons. The SMILES string of the molecule is CO.Cc1ccc(COC=O)cc1.O.O=CC12C=CC(CO)(CC1)O2.O=Cc1ccc(CO)cc1.O=Cc1ccc(CO)cc1.O=Cc1ccc(CO)o1.O=[OH+].[C+]#C.[HH].[HH]. The van der Waals surface area contributed by atoms with Crippen LogP contribution < -0.4 is 0 Å². The van der Waals surface area contributed by atoms with Gasteiger partial charge in [-0.05, 0) is 54.7 Å². The van der Waals surface area contributed by atoms with Gasteiger partial charge in [0.1, 0.15) is 42.7 Å². The molecule has 8 N–H and O–H groups in total. The number of aryl methyl sites for hydroxylation is 1. The van der Waals surface area contributed by atoms with Crippen molar-refractivity contribution in [1.29, 1.82) is 0 Å². The zero-order valence-corrected chi connectivity index (χ0v) is 32.0. The van der Waals surface area contributed by atoms with E-state index in [1.807, 2.05) is 31.2 Å². The molecule has 2 atom stereocenters. The summed E-state index contributed by atoms with van der Waals surface area (Å²) in [6.07, 6.45) is 17.0. The first kappa shape index (κ1) is 56.3. The molecule has 58 heavy (non-hydrogen) atoms. The van der Waals surface area contributed by atoms with Crippen LogP contribution in [0.3, 0.4) is 0 Å². The molecule has 0 spiro atoms. The van der Waals surface area contributed by atoms with Gasteiger partial charge in [-0.2, -0.15) is 0 Å². The standard InChI is InChI=1S/C9H10O2.C8H10O3.2C8H8O2.C6H6O3.C2H.CH4O.O2.H2O.2H2/c1-8-2-4-9(5-3-8)6-11-7-10;9-5-7-1-2-8(6-10,11-7)4-3-7;2*9-5-7-1-2-8(6-10)4-3-7;7-3-5-1-2-6(4-8)9-5;3*1-2;;;/h2-5,7H,6H2,1H3;1-2,5,10H,3-4,6H2;2*1-5,10H,6H2;1-3,8H,4H2;1H;2H,1H3;;1H2;2*1H/q;;;;;+1;;;;;/p+1. The number of fused-ring (bicyclic) bond motifs is 2. The van der Waals surface area contributed by atoms with Crippen LogP contribution in [0, 0.1) is 24.7 Å². The number of hydrogen-bond acceptors (Lipinski definition) is 14. The minimum Gasteiger partial charge on any atom is 0 e. The van der Waals surface area contributed by atoms with Gasteiger partial charge in [-0.15, -0.1) is 0 Å². The van der Waals surface area contributed by atoms with Crippen LogP contribution in [0.25, 0.3) is 0 Å². The molecule has 2 aliphatic heterocycles. The van der Waals surface area contributed by atoms with Crippen molar-refractivity contribution in [3.05, 3.63) is 153 Å². The van der Waals surface area contributed by atoms with E-state index in [9.17, 15) is 24.0 Å². The van der Waals surface area contributed by atoms with E-state index in [1.54, 1.807) is 66.7 Å². The van der Waals surface area contributed by atoms with Crippen molar-refractivity contribution in [3.63, 3.8) is 0 Å². The number of aliphatic hydroxyl groups excluding tert-OH is 5. The van der Waals surface area contributed by atoms with Crippen molar-refractivity contribution in [1.82, 2.24) is 0 Å². The summed E-state index contributed by atoms with van der Waals surface area (Å²) in [5.41, 5.74) is 3.90. The van der Waals surface area contributed by atoms with Gasteiger partial charge in [-0.1, -0.05) is 84.4 Å². The van der Waals surface area contributed by atoms with Crippen molar-refractivity contribution < 1.29 is 76.7 Å². The zero-order valence-electron chi connectivity index (χ0n) is 32.0. The van der Waals surface area contributed by atoms with Crippen LogP contribution in [0.1, 0.15) is 75.0 Å². The molecule has 6 rings (SSSR count). The van der Waals surface area contributed by atoms with E-state index in [0.29, 0.717) is 42.7 Å². The molecule has 0 saturated carbocycles. The van der Waals surface area contributed by atoms with E-state index in [2.05, 4.69) is 11.2 Å². The molecule has 1 aromatic heterocycles. The summed E-state index contributed by atoms with van der Waals surface area (Å²) in [4.78, 5) is 63.7. The number of ether oxygens (including phenoxy) is 2. The Morgan fingerprint density at radius 2 is 1.19 bits per heavy atom. The number of hydrogen-bond donors (Lipinski definition) is 5. The molecular formula is C42H54O16+2. The maximum atomic E-state index is 10.6. The van der Waals surface area contributed by atoms with Crippen molar-refractivity contribution >= 4 is 31.6 Å². The summed E-state index contributed by atoms with van der Waals surface area (Å²) >= 11 is 0. The maximum absolute atomic E-state index is 10.6. The molecule has 0 aliphatic carbocycles. The smallest absolute Gasteiger partial charge is 0 e. The molecule has 16 heteroatoms. The largest absolute Gasteiger partial charge is 0 e. The molecule has 316 valence electrons. The Morgan fingerprint density at radius 1 is 0.707 bits per heavy atom. The number of carbonyl (C=O) groups excluding carboxylic acids is 5. The van der Waals surface area contributed by atoms with Gasteiger partial charge in [0, 0.05) is 26.1 Å². The molecule has 0 amide bonds. The number of rotatable bonds is 11. The second-order valence-electron chi connectivity index (χ2n) is 11.2. The van der Waals surface area contributed by atoms with Crippen LogP contribution in [-0.4, -0.2) is 92.5 Å². The Balaban J connectivity index is -0.000000201. The number of furan rings is 1. The van der Waals surface area contributed by atoms with Gasteiger partial charge in [0.2, 0.25) is 4.96 Å². The second-order valence-corrected chi connectivity index (χ2v) is 11.2. The van der Waals surface area contributed by atoms with E-state index >= 15 is 0 Å². The van der Waals surface area contributed by atoms with Crippen LogP contribution in [0.15, 0.2) is 101 Å². The third kappa shape index (κ3) is 21.3. The molecule has 3 heterocycles. The van der Waals surface area contributed by atoms with Gasteiger partial charge >= 0.3 is 12.8 Å². The summed E-state index contributed by atoms with van der Waals surface area (Å²) in [6.45, 7) is 2.71. The molecule has 2 aliphatic rings. The number of benzene rings is 3. The van der Waals surface area contributed by atoms with Crippen molar-refractivity contribution in [2.75, 3.05) is 13.7 Å². The first-order valence-electron chi connectivity index (χ1n) is 16.6. The average Bonchev–Trinajstić information content (AvgIpc) is 4.04. The van der Waals surface area contributed by atoms with Gasteiger partial charge in [-0.25, -0.2) is 0 Å². The van der Waals surface area contributed by atoms with Gasteiger partial charge in [-0.3, -0.25) is 24.0 Å². The van der Waals surface area contributed by atoms with Crippen molar-refractivity contribution in [2.45, 2.75) is 57.4 Å². The summed E-state index contributed by atoms with van der Waals surface area (Å²) < 4.78 is 14.8. The predicted molar refractivity (Wildman–Crippen MR) is 215 cm³/mol. The van der Waals surface area contributed by atoms with Crippen LogP contribution in [0.4, 0.5) is 0 Å². The minimum absolute atomic E-state index is 0. The fraction of sp³-hybridized carbons (Fsp3) is 0.262. The third-order valence-electron chi connectivity index (χ3n) is 7.46. The predicted octanol–water partition coefficient (Wildman–Crippen LogP) is 3.61. The Kier molecular flexibility index (Phi) is 33.2. The number of terminal acetylenes is 1. The van der Waals surface area contributed by atoms with Crippen LogP contribution >= 0.6 is 0 Å². The topological polar surface area (TPSA) is 288 Å². The summed E-state index contributed by atoms with van der Waals surface area (Å²) in [7, 11) is 1.00. The second kappa shape index (κ2) is 34.2. The minimum atomic E-state index is -0.706. The molecule has 1 saturated heterocycles. The molecule has 2 bridgehead atoms. The van der Waals surface area contributed by atoms with E-state index in [0.717, 1.165) is 49.1 Å². The Bertz CT molecular complexity index is 1690. The Hall–Kier alpha value is -6.07. The average molecular weight is 815 g/mol. The van der Waals surface area contributed by atoms with Crippen LogP contribution in [-0.2, 0) is 45.5 Å². The summed E-state index contributed by atoms with van der Waals surface area (Å²) in [5.74, 6) is 0.663. The van der Waals surface area contributed by atoms with E-state index in [1.165, 1.54) is 11.6 Å². The quantitative estimate of drug-likeness (QED) is 0.0476. The Morgan fingerprint density at radius 3 is 1.47 bits per heavy atom. The summed E-state index contributed by atoms with van der Waals surface area (Å²) in [5, 5.41) is 41.6. The van der Waals surface area contributed by atoms with E-state index < -0.39 is 11.2 Å². The first-order valence-corrected chi connectivity index (χ1v) is 16.6. The third-order valence-corrected chi connectivity index (χ3v) is 7.46. The molecular weight excluding hydrogens is 760 g/mol. The van der Waals surface area contributed by atoms with Crippen LogP contribution in [0.5, 0.6) is 0 Å². The number of aliphatic hydroxyl groups is 5. The van der Waals surface area contributed by atoms with Crippen molar-refractivity contribution in [2.24, 2.45) is 0 Å². The maximum Gasteiger partial charge on any atom is 0 e. The number of aldehydes is 4. The van der Waals surface area contributed by atoms with E-state index in [-0.39, 0.29) is 40.5 Å². The van der Waals surface area contributed by atoms with Gasteiger partial charge in [0.05, 0.1) is 19.8 Å². The zero-order chi connectivity index (χ0) is 43.5. The molecule has 16 nitrogen and oxygen atoms in total. The molecule has 3 aromatic carbocycles. The Labute approximate surface area is 338 Å². The summed E-state index contributed by atoms with van der Waals surface area (Å²) in [6, 6.07) is 24.6. The van der Waals surface area contributed by atoms with Crippen molar-refractivity contribution in [3.8, 4) is 6.42 Å². The van der Waals surface area contributed by atoms with E-state index in [4.69, 9.17) is 51.0 Å². The van der Waals surface area contributed by atoms with Gasteiger partial charge < -0.3 is 44.9 Å². The van der Waals surface area contributed by atoms with Gasteiger partial charge in [0.15, 0.2) is 18.3 Å². The monoisotopic (exact) mass is 814 g/mol. The van der Waals surface area contributed by atoms with Crippen LogP contribution in [0.2, 0.25) is 0 Å². The number of carbonyl (C=O) groups is 5. The van der Waals surface area contributed by atoms with Gasteiger partial charge in [0.25, 0.3) is 6.47 Å². The molecule has 2 unspecified atom stereocenters. The fourth-order valence-corrected chi connectivity index (χ4v) is 4.46.